The van der Waals surface area contributed by atoms with Crippen molar-refractivity contribution in [3.05, 3.63) is 35.6 Å². The van der Waals surface area contributed by atoms with Gasteiger partial charge in [0, 0.05) is 6.04 Å². The van der Waals surface area contributed by atoms with Crippen molar-refractivity contribution in [1.29, 1.82) is 0 Å². The molecule has 0 aliphatic rings. The van der Waals surface area contributed by atoms with Crippen LogP contribution in [0.2, 0.25) is 0 Å². The van der Waals surface area contributed by atoms with Gasteiger partial charge < -0.3 is 5.32 Å². The van der Waals surface area contributed by atoms with Crippen molar-refractivity contribution in [2.24, 2.45) is 0 Å². The van der Waals surface area contributed by atoms with E-state index in [4.69, 9.17) is 0 Å². The lowest BCUT2D eigenvalue weighted by molar-refractivity contribution is 0.521. The summed E-state index contributed by atoms with van der Waals surface area (Å²) in [6, 6.07) is 7.10. The van der Waals surface area contributed by atoms with Gasteiger partial charge in [0.2, 0.25) is 0 Å². The molecule has 0 saturated carbocycles. The van der Waals surface area contributed by atoms with Crippen molar-refractivity contribution in [3.63, 3.8) is 0 Å². The summed E-state index contributed by atoms with van der Waals surface area (Å²) >= 11 is 0. The Balaban J connectivity index is 2.64. The molecule has 0 saturated heterocycles. The number of benzene rings is 1. The van der Waals surface area contributed by atoms with Crippen LogP contribution in [0.1, 0.15) is 37.8 Å². The Morgan fingerprint density at radius 2 is 1.93 bits per heavy atom. The summed E-state index contributed by atoms with van der Waals surface area (Å²) in [7, 11) is 1.95. The second-order valence-corrected chi connectivity index (χ2v) is 3.54. The highest BCUT2D eigenvalue weighted by Gasteiger charge is 2.07. The van der Waals surface area contributed by atoms with Crippen LogP contribution in [-0.2, 0) is 0 Å². The Morgan fingerprint density at radius 1 is 1.29 bits per heavy atom. The number of halogens is 1. The fraction of sp³-hybridized carbons (Fsp3) is 0.500. The zero-order valence-corrected chi connectivity index (χ0v) is 8.89. The van der Waals surface area contributed by atoms with Crippen LogP contribution >= 0.6 is 0 Å². The summed E-state index contributed by atoms with van der Waals surface area (Å²) in [6.45, 7) is 2.18. The first-order valence-corrected chi connectivity index (χ1v) is 5.20. The summed E-state index contributed by atoms with van der Waals surface area (Å²) in [5.74, 6) is -0.168. The van der Waals surface area contributed by atoms with Gasteiger partial charge in [-0.2, -0.15) is 0 Å². The van der Waals surface area contributed by atoms with Gasteiger partial charge in [0.25, 0.3) is 0 Å². The highest BCUT2D eigenvalue weighted by atomic mass is 19.1. The molecule has 0 fully saturated rings. The predicted octanol–water partition coefficient (Wildman–Crippen LogP) is 3.28. The molecule has 78 valence electrons. The topological polar surface area (TPSA) is 12.0 Å². The fourth-order valence-electron chi connectivity index (χ4n) is 1.58. The zero-order valence-electron chi connectivity index (χ0n) is 8.89. The molecule has 1 nitrogen and oxygen atoms in total. The van der Waals surface area contributed by atoms with Crippen molar-refractivity contribution in [2.45, 2.75) is 32.2 Å². The lowest BCUT2D eigenvalue weighted by Crippen LogP contribution is -2.16. The Morgan fingerprint density at radius 3 is 2.43 bits per heavy atom. The minimum Gasteiger partial charge on any atom is -0.313 e. The molecule has 0 heterocycles. The van der Waals surface area contributed by atoms with E-state index in [-0.39, 0.29) is 5.82 Å². The molecule has 0 spiro atoms. The Bertz CT molecular complexity index is 256. The third kappa shape index (κ3) is 3.11. The van der Waals surface area contributed by atoms with Gasteiger partial charge in [-0.1, -0.05) is 31.9 Å². The Kier molecular flexibility index (Phi) is 4.60. The van der Waals surface area contributed by atoms with Crippen molar-refractivity contribution in [1.82, 2.24) is 5.32 Å². The van der Waals surface area contributed by atoms with E-state index in [0.29, 0.717) is 6.04 Å². The summed E-state index contributed by atoms with van der Waals surface area (Å²) in [4.78, 5) is 0. The van der Waals surface area contributed by atoms with Crippen LogP contribution < -0.4 is 5.32 Å². The highest BCUT2D eigenvalue weighted by molar-refractivity contribution is 5.19. The zero-order chi connectivity index (χ0) is 10.4. The second-order valence-electron chi connectivity index (χ2n) is 3.54. The van der Waals surface area contributed by atoms with Gasteiger partial charge in [-0.15, -0.1) is 0 Å². The van der Waals surface area contributed by atoms with Crippen LogP contribution in [0.5, 0.6) is 0 Å². The molecule has 1 aromatic carbocycles. The van der Waals surface area contributed by atoms with Gasteiger partial charge in [-0.3, -0.25) is 0 Å². The summed E-state index contributed by atoms with van der Waals surface area (Å²) in [5.41, 5.74) is 1.17. The van der Waals surface area contributed by atoms with E-state index in [9.17, 15) is 4.39 Å². The number of hydrogen-bond acceptors (Lipinski definition) is 1. The average Bonchev–Trinajstić information content (AvgIpc) is 2.21. The standard InChI is InChI=1S/C12H18FN/c1-3-4-5-12(14-2)10-6-8-11(13)9-7-10/h6-9,12,14H,3-5H2,1-2H3. The van der Waals surface area contributed by atoms with Gasteiger partial charge in [0.1, 0.15) is 5.82 Å². The Labute approximate surface area is 85.3 Å². The van der Waals surface area contributed by atoms with E-state index in [1.807, 2.05) is 19.2 Å². The van der Waals surface area contributed by atoms with Gasteiger partial charge in [-0.05, 0) is 31.2 Å². The minimum absolute atomic E-state index is 0.168. The number of hydrogen-bond donors (Lipinski definition) is 1. The van der Waals surface area contributed by atoms with E-state index in [1.54, 1.807) is 0 Å². The maximum atomic E-state index is 12.7. The van der Waals surface area contributed by atoms with E-state index in [1.165, 1.54) is 30.5 Å². The third-order valence-corrected chi connectivity index (χ3v) is 2.47. The third-order valence-electron chi connectivity index (χ3n) is 2.47. The molecule has 0 amide bonds. The van der Waals surface area contributed by atoms with Crippen LogP contribution in [0.25, 0.3) is 0 Å². The van der Waals surface area contributed by atoms with Gasteiger partial charge >= 0.3 is 0 Å². The first-order chi connectivity index (χ1) is 6.77. The molecule has 0 aliphatic heterocycles. The van der Waals surface area contributed by atoms with E-state index >= 15 is 0 Å². The average molecular weight is 195 g/mol. The monoisotopic (exact) mass is 195 g/mol. The van der Waals surface area contributed by atoms with Crippen LogP contribution in [0.15, 0.2) is 24.3 Å². The predicted molar refractivity (Wildman–Crippen MR) is 57.7 cm³/mol. The molecule has 1 atom stereocenters. The molecular weight excluding hydrogens is 177 g/mol. The lowest BCUT2D eigenvalue weighted by Gasteiger charge is -2.15. The van der Waals surface area contributed by atoms with Crippen LogP contribution in [0, 0.1) is 5.82 Å². The number of rotatable bonds is 5. The fourth-order valence-corrected chi connectivity index (χ4v) is 1.58. The number of nitrogens with one attached hydrogen (secondary N) is 1. The van der Waals surface area contributed by atoms with Crippen LogP contribution in [0.4, 0.5) is 4.39 Å². The van der Waals surface area contributed by atoms with Crippen molar-refractivity contribution in [3.8, 4) is 0 Å². The maximum Gasteiger partial charge on any atom is 0.123 e. The van der Waals surface area contributed by atoms with Crippen molar-refractivity contribution < 1.29 is 4.39 Å². The van der Waals surface area contributed by atoms with Crippen molar-refractivity contribution in [2.75, 3.05) is 7.05 Å². The molecular formula is C12H18FN. The Hall–Kier alpha value is -0.890. The first-order valence-electron chi connectivity index (χ1n) is 5.20. The van der Waals surface area contributed by atoms with Gasteiger partial charge in [0.05, 0.1) is 0 Å². The van der Waals surface area contributed by atoms with E-state index in [0.717, 1.165) is 6.42 Å². The highest BCUT2D eigenvalue weighted by Crippen LogP contribution is 2.18. The molecule has 0 aromatic heterocycles. The SMILES string of the molecule is CCCCC(NC)c1ccc(F)cc1. The molecule has 1 rings (SSSR count). The first kappa shape index (κ1) is 11.2. The molecule has 14 heavy (non-hydrogen) atoms. The lowest BCUT2D eigenvalue weighted by atomic mass is 10.0. The van der Waals surface area contributed by atoms with Crippen LogP contribution in [-0.4, -0.2) is 7.05 Å². The summed E-state index contributed by atoms with van der Waals surface area (Å²) in [5, 5.41) is 3.25. The molecule has 0 bridgehead atoms. The molecule has 1 aromatic rings. The van der Waals surface area contributed by atoms with Crippen molar-refractivity contribution >= 4 is 0 Å². The minimum atomic E-state index is -0.168. The molecule has 1 unspecified atom stereocenters. The second kappa shape index (κ2) is 5.76. The molecule has 2 heteroatoms. The smallest absolute Gasteiger partial charge is 0.123 e. The summed E-state index contributed by atoms with van der Waals surface area (Å²) < 4.78 is 12.7. The van der Waals surface area contributed by atoms with Crippen LogP contribution in [0.3, 0.4) is 0 Å². The van der Waals surface area contributed by atoms with Gasteiger partial charge in [-0.25, -0.2) is 4.39 Å². The molecule has 0 radical (unpaired) electrons. The number of unbranched alkanes of at least 4 members (excludes halogenated alkanes) is 1. The quantitative estimate of drug-likeness (QED) is 0.760. The maximum absolute atomic E-state index is 12.7. The van der Waals surface area contributed by atoms with E-state index < -0.39 is 0 Å². The normalized spacial score (nSPS) is 12.8. The van der Waals surface area contributed by atoms with E-state index in [2.05, 4.69) is 12.2 Å². The largest absolute Gasteiger partial charge is 0.313 e. The summed E-state index contributed by atoms with van der Waals surface area (Å²) in [6.07, 6.45) is 3.50. The molecule has 0 aliphatic carbocycles. The van der Waals surface area contributed by atoms with Gasteiger partial charge in [0.15, 0.2) is 0 Å². The molecule has 1 N–H and O–H groups in total.